The lowest BCUT2D eigenvalue weighted by molar-refractivity contribution is -0.122. The molecule has 4 heteroatoms. The Bertz CT molecular complexity index is 311. The summed E-state index contributed by atoms with van der Waals surface area (Å²) in [5, 5.41) is 2.34. The average Bonchev–Trinajstić information content (AvgIpc) is 2.42. The number of amides is 3. The highest BCUT2D eigenvalue weighted by Gasteiger charge is 2.42. The Hall–Kier alpha value is -1.32. The molecule has 14 heavy (non-hydrogen) atoms. The monoisotopic (exact) mass is 194 g/mol. The third-order valence-electron chi connectivity index (χ3n) is 3.07. The van der Waals surface area contributed by atoms with E-state index in [0.29, 0.717) is 12.5 Å². The molecule has 0 aromatic carbocycles. The van der Waals surface area contributed by atoms with Crippen molar-refractivity contribution in [1.29, 1.82) is 0 Å². The molecule has 2 rings (SSSR count). The number of urea groups is 1. The van der Waals surface area contributed by atoms with E-state index in [1.54, 1.807) is 4.90 Å². The van der Waals surface area contributed by atoms with Gasteiger partial charge in [0, 0.05) is 6.54 Å². The zero-order valence-corrected chi connectivity index (χ0v) is 8.25. The van der Waals surface area contributed by atoms with E-state index in [1.807, 2.05) is 6.92 Å². The van der Waals surface area contributed by atoms with E-state index in [-0.39, 0.29) is 18.0 Å². The summed E-state index contributed by atoms with van der Waals surface area (Å²) in [5.41, 5.74) is 1.09. The van der Waals surface area contributed by atoms with E-state index in [9.17, 15) is 9.59 Å². The zero-order valence-electron chi connectivity index (χ0n) is 8.25. The molecule has 2 fully saturated rings. The molecule has 4 nitrogen and oxygen atoms in total. The topological polar surface area (TPSA) is 49.4 Å². The second-order valence-corrected chi connectivity index (χ2v) is 4.08. The molecule has 0 unspecified atom stereocenters. The molecule has 2 heterocycles. The average molecular weight is 194 g/mol. The lowest BCUT2D eigenvalue weighted by Gasteiger charge is -2.33. The van der Waals surface area contributed by atoms with E-state index >= 15 is 0 Å². The van der Waals surface area contributed by atoms with Gasteiger partial charge in [0.05, 0.1) is 0 Å². The summed E-state index contributed by atoms with van der Waals surface area (Å²) in [7, 11) is 0. The summed E-state index contributed by atoms with van der Waals surface area (Å²) >= 11 is 0. The van der Waals surface area contributed by atoms with Crippen molar-refractivity contribution in [3.8, 4) is 0 Å². The first-order valence-corrected chi connectivity index (χ1v) is 4.86. The van der Waals surface area contributed by atoms with Gasteiger partial charge < -0.3 is 4.90 Å². The van der Waals surface area contributed by atoms with Crippen LogP contribution in [0, 0.1) is 5.92 Å². The fourth-order valence-corrected chi connectivity index (χ4v) is 2.13. The van der Waals surface area contributed by atoms with Crippen molar-refractivity contribution in [2.75, 3.05) is 6.54 Å². The van der Waals surface area contributed by atoms with Crippen LogP contribution >= 0.6 is 0 Å². The standard InChI is InChI=1S/C10H14N2O2/c1-6(2)7-3-4-8-9(13)11-10(14)12(8)5-7/h7-8H,1,3-5H2,2H3,(H,11,13,14)/t7-,8-/m0/s1. The summed E-state index contributed by atoms with van der Waals surface area (Å²) in [6, 6.07) is -0.468. The number of carbonyl (C=O) groups is 2. The largest absolute Gasteiger partial charge is 0.324 e. The highest BCUT2D eigenvalue weighted by molar-refractivity contribution is 6.04. The Morgan fingerprint density at radius 2 is 2.21 bits per heavy atom. The molecule has 2 saturated heterocycles. The maximum absolute atomic E-state index is 11.4. The van der Waals surface area contributed by atoms with Crippen LogP contribution in [-0.2, 0) is 4.79 Å². The number of rotatable bonds is 1. The second-order valence-electron chi connectivity index (χ2n) is 4.08. The van der Waals surface area contributed by atoms with E-state index in [1.165, 1.54) is 0 Å². The maximum Gasteiger partial charge on any atom is 0.324 e. The van der Waals surface area contributed by atoms with Gasteiger partial charge in [-0.2, -0.15) is 0 Å². The molecule has 76 valence electrons. The maximum atomic E-state index is 11.4. The van der Waals surface area contributed by atoms with Crippen molar-refractivity contribution in [3.05, 3.63) is 12.2 Å². The molecule has 0 aromatic rings. The van der Waals surface area contributed by atoms with Crippen molar-refractivity contribution in [2.45, 2.75) is 25.8 Å². The Kier molecular flexibility index (Phi) is 2.06. The van der Waals surface area contributed by atoms with Gasteiger partial charge in [-0.05, 0) is 25.7 Å². The van der Waals surface area contributed by atoms with Gasteiger partial charge in [0.2, 0.25) is 0 Å². The van der Waals surface area contributed by atoms with Gasteiger partial charge in [-0.3, -0.25) is 10.1 Å². The number of nitrogens with zero attached hydrogens (tertiary/aromatic N) is 1. The van der Waals surface area contributed by atoms with Crippen LogP contribution < -0.4 is 5.32 Å². The van der Waals surface area contributed by atoms with Crippen LogP contribution in [0.5, 0.6) is 0 Å². The van der Waals surface area contributed by atoms with Crippen LogP contribution in [0.4, 0.5) is 4.79 Å². The number of hydrogen-bond acceptors (Lipinski definition) is 2. The molecular weight excluding hydrogens is 180 g/mol. The molecule has 0 aromatic heterocycles. The Labute approximate surface area is 83.0 Å². The van der Waals surface area contributed by atoms with Crippen molar-refractivity contribution < 1.29 is 9.59 Å². The zero-order chi connectivity index (χ0) is 10.3. The summed E-state index contributed by atoms with van der Waals surface area (Å²) in [4.78, 5) is 24.3. The van der Waals surface area contributed by atoms with Crippen LogP contribution in [0.3, 0.4) is 0 Å². The van der Waals surface area contributed by atoms with Crippen LogP contribution in [-0.4, -0.2) is 29.4 Å². The van der Waals surface area contributed by atoms with Gasteiger partial charge in [0.15, 0.2) is 0 Å². The minimum absolute atomic E-state index is 0.143. The predicted molar refractivity (Wildman–Crippen MR) is 51.6 cm³/mol. The normalized spacial score (nSPS) is 31.4. The summed E-state index contributed by atoms with van der Waals surface area (Å²) in [6.45, 7) is 6.50. The molecule has 3 amide bonds. The number of hydrogen-bond donors (Lipinski definition) is 1. The lowest BCUT2D eigenvalue weighted by Crippen LogP contribution is -2.43. The van der Waals surface area contributed by atoms with Crippen molar-refractivity contribution in [1.82, 2.24) is 10.2 Å². The third kappa shape index (κ3) is 1.31. The van der Waals surface area contributed by atoms with Crippen LogP contribution in [0.2, 0.25) is 0 Å². The molecule has 0 bridgehead atoms. The Balaban J connectivity index is 2.13. The molecule has 2 aliphatic rings. The predicted octanol–water partition coefficient (Wildman–Crippen LogP) is 0.893. The molecule has 2 aliphatic heterocycles. The number of imide groups is 1. The van der Waals surface area contributed by atoms with Crippen molar-refractivity contribution in [3.63, 3.8) is 0 Å². The van der Waals surface area contributed by atoms with Gasteiger partial charge in [-0.15, -0.1) is 0 Å². The van der Waals surface area contributed by atoms with E-state index in [0.717, 1.165) is 18.4 Å². The molecule has 1 N–H and O–H groups in total. The lowest BCUT2D eigenvalue weighted by atomic mass is 9.89. The molecule has 0 saturated carbocycles. The van der Waals surface area contributed by atoms with Gasteiger partial charge in [0.25, 0.3) is 5.91 Å². The van der Waals surface area contributed by atoms with E-state index in [4.69, 9.17) is 0 Å². The fourth-order valence-electron chi connectivity index (χ4n) is 2.13. The highest BCUT2D eigenvalue weighted by atomic mass is 16.2. The first-order valence-electron chi connectivity index (χ1n) is 4.86. The fraction of sp³-hybridized carbons (Fsp3) is 0.600. The summed E-state index contributed by atoms with van der Waals surface area (Å²) in [5.74, 6) is 0.207. The van der Waals surface area contributed by atoms with Crippen molar-refractivity contribution >= 4 is 11.9 Å². The van der Waals surface area contributed by atoms with Crippen LogP contribution in [0.1, 0.15) is 19.8 Å². The minimum Gasteiger partial charge on any atom is -0.312 e. The van der Waals surface area contributed by atoms with Crippen molar-refractivity contribution in [2.24, 2.45) is 5.92 Å². The molecular formula is C10H14N2O2. The molecule has 0 aliphatic carbocycles. The van der Waals surface area contributed by atoms with E-state index in [2.05, 4.69) is 11.9 Å². The van der Waals surface area contributed by atoms with Gasteiger partial charge in [-0.25, -0.2) is 4.79 Å². The Morgan fingerprint density at radius 3 is 2.86 bits per heavy atom. The number of carbonyl (C=O) groups excluding carboxylic acids is 2. The SMILES string of the molecule is C=C(C)[C@H]1CC[C@H]2C(=O)NC(=O)N2C1. The second kappa shape index (κ2) is 3.12. The molecule has 0 spiro atoms. The number of nitrogens with one attached hydrogen (secondary N) is 1. The smallest absolute Gasteiger partial charge is 0.312 e. The minimum atomic E-state index is -0.244. The van der Waals surface area contributed by atoms with Gasteiger partial charge in [-0.1, -0.05) is 12.2 Å². The first-order chi connectivity index (χ1) is 6.59. The number of fused-ring (bicyclic) bond motifs is 1. The highest BCUT2D eigenvalue weighted by Crippen LogP contribution is 2.28. The molecule has 0 radical (unpaired) electrons. The first kappa shape index (κ1) is 9.24. The third-order valence-corrected chi connectivity index (χ3v) is 3.07. The quantitative estimate of drug-likeness (QED) is 0.498. The number of piperidine rings is 1. The summed E-state index contributed by atoms with van der Waals surface area (Å²) < 4.78 is 0. The Morgan fingerprint density at radius 1 is 1.50 bits per heavy atom. The van der Waals surface area contributed by atoms with Gasteiger partial charge >= 0.3 is 6.03 Å². The van der Waals surface area contributed by atoms with Gasteiger partial charge in [0.1, 0.15) is 6.04 Å². The van der Waals surface area contributed by atoms with E-state index < -0.39 is 0 Å². The van der Waals surface area contributed by atoms with Crippen LogP contribution in [0.15, 0.2) is 12.2 Å². The summed E-state index contributed by atoms with van der Waals surface area (Å²) in [6.07, 6.45) is 1.71. The van der Waals surface area contributed by atoms with Crippen LogP contribution in [0.25, 0.3) is 0 Å². The molecule has 2 atom stereocenters.